The van der Waals surface area contributed by atoms with Gasteiger partial charge in [0.05, 0.1) is 24.9 Å². The number of ether oxygens (including phenoxy) is 1. The van der Waals surface area contributed by atoms with Crippen molar-refractivity contribution in [2.24, 2.45) is 0 Å². The molecule has 5 nitrogen and oxygen atoms in total. The number of nitrogens with zero attached hydrogens (tertiary/aromatic N) is 1. The van der Waals surface area contributed by atoms with Crippen molar-refractivity contribution in [2.45, 2.75) is 44.4 Å². The van der Waals surface area contributed by atoms with Gasteiger partial charge in [0.25, 0.3) is 0 Å². The van der Waals surface area contributed by atoms with Crippen LogP contribution < -0.4 is 5.32 Å². The zero-order valence-corrected chi connectivity index (χ0v) is 10.4. The lowest BCUT2D eigenvalue weighted by Crippen LogP contribution is -2.55. The Kier molecular flexibility index (Phi) is 4.36. The molecule has 0 aliphatic carbocycles. The van der Waals surface area contributed by atoms with E-state index in [1.54, 1.807) is 0 Å². The van der Waals surface area contributed by atoms with Crippen molar-refractivity contribution in [1.29, 1.82) is 0 Å². The second kappa shape index (κ2) is 5.80. The first kappa shape index (κ1) is 12.8. The number of carbonyl (C=O) groups excluding carboxylic acids is 1. The molecule has 0 radical (unpaired) electrons. The highest BCUT2D eigenvalue weighted by molar-refractivity contribution is 5.81. The predicted molar refractivity (Wildman–Crippen MR) is 63.6 cm³/mol. The number of nitrogens with one attached hydrogen (secondary N) is 1. The Morgan fingerprint density at radius 3 is 3.06 bits per heavy atom. The maximum absolute atomic E-state index is 12.0. The number of morpholine rings is 1. The fraction of sp³-hybridized carbons (Fsp3) is 0.917. The Morgan fingerprint density at radius 1 is 1.47 bits per heavy atom. The molecule has 0 spiro atoms. The first-order valence-electron chi connectivity index (χ1n) is 6.48. The number of hydrogen-bond acceptors (Lipinski definition) is 4. The van der Waals surface area contributed by atoms with Crippen LogP contribution in [-0.4, -0.2) is 60.4 Å². The standard InChI is InChI=1S/C12H22N2O3/c1-9-6-14(7-10(8-15)17-9)11-4-2-3-5-13-12(11)16/h9-11,15H,2-8H2,1H3,(H,13,16). The normalized spacial score (nSPS) is 36.4. The van der Waals surface area contributed by atoms with Crippen LogP contribution in [0.1, 0.15) is 26.2 Å². The second-order valence-electron chi connectivity index (χ2n) is 5.01. The molecule has 2 aliphatic rings. The quantitative estimate of drug-likeness (QED) is 0.700. The number of aliphatic hydroxyl groups is 1. The van der Waals surface area contributed by atoms with Gasteiger partial charge in [-0.3, -0.25) is 9.69 Å². The van der Waals surface area contributed by atoms with Gasteiger partial charge in [-0.05, 0) is 26.2 Å². The first-order chi connectivity index (χ1) is 8.20. The summed E-state index contributed by atoms with van der Waals surface area (Å²) in [6, 6.07) is -0.0436. The van der Waals surface area contributed by atoms with E-state index in [9.17, 15) is 9.90 Å². The first-order valence-corrected chi connectivity index (χ1v) is 6.48. The van der Waals surface area contributed by atoms with Gasteiger partial charge >= 0.3 is 0 Å². The highest BCUT2D eigenvalue weighted by atomic mass is 16.5. The lowest BCUT2D eigenvalue weighted by molar-refractivity contribution is -0.136. The topological polar surface area (TPSA) is 61.8 Å². The summed E-state index contributed by atoms with van der Waals surface area (Å²) in [5.74, 6) is 0.133. The van der Waals surface area contributed by atoms with E-state index in [0.29, 0.717) is 6.54 Å². The predicted octanol–water partition coefficient (Wildman–Crippen LogP) is -0.263. The molecule has 98 valence electrons. The van der Waals surface area contributed by atoms with E-state index >= 15 is 0 Å². The van der Waals surface area contributed by atoms with Gasteiger partial charge in [-0.2, -0.15) is 0 Å². The molecule has 5 heteroatoms. The summed E-state index contributed by atoms with van der Waals surface area (Å²) in [5.41, 5.74) is 0. The minimum absolute atomic E-state index is 0.0230. The molecule has 2 fully saturated rings. The van der Waals surface area contributed by atoms with E-state index in [2.05, 4.69) is 10.2 Å². The van der Waals surface area contributed by atoms with Gasteiger partial charge in [0.2, 0.25) is 5.91 Å². The van der Waals surface area contributed by atoms with Gasteiger partial charge in [0.15, 0.2) is 0 Å². The number of hydrogen-bond donors (Lipinski definition) is 2. The molecule has 2 rings (SSSR count). The molecule has 17 heavy (non-hydrogen) atoms. The highest BCUT2D eigenvalue weighted by Gasteiger charge is 2.33. The van der Waals surface area contributed by atoms with Gasteiger partial charge in [0.1, 0.15) is 0 Å². The third-order valence-electron chi connectivity index (χ3n) is 3.51. The molecule has 2 saturated heterocycles. The van der Waals surface area contributed by atoms with Crippen molar-refractivity contribution in [1.82, 2.24) is 10.2 Å². The van der Waals surface area contributed by atoms with E-state index in [1.165, 1.54) is 0 Å². The van der Waals surface area contributed by atoms with Crippen LogP contribution in [0.3, 0.4) is 0 Å². The summed E-state index contributed by atoms with van der Waals surface area (Å²) in [4.78, 5) is 14.1. The minimum atomic E-state index is -0.158. The van der Waals surface area contributed by atoms with Crippen LogP contribution in [0.15, 0.2) is 0 Å². The van der Waals surface area contributed by atoms with Crippen molar-refractivity contribution in [2.75, 3.05) is 26.2 Å². The van der Waals surface area contributed by atoms with Crippen molar-refractivity contribution in [3.8, 4) is 0 Å². The zero-order valence-electron chi connectivity index (χ0n) is 10.4. The van der Waals surface area contributed by atoms with Gasteiger partial charge < -0.3 is 15.2 Å². The lowest BCUT2D eigenvalue weighted by atomic mass is 10.1. The SMILES string of the molecule is CC1CN(C2CCCCNC2=O)CC(CO)O1. The summed E-state index contributed by atoms with van der Waals surface area (Å²) in [7, 11) is 0. The smallest absolute Gasteiger partial charge is 0.237 e. The van der Waals surface area contributed by atoms with Crippen molar-refractivity contribution in [3.05, 3.63) is 0 Å². The Balaban J connectivity index is 2.01. The molecule has 2 heterocycles. The maximum atomic E-state index is 12.0. The molecule has 0 aromatic heterocycles. The Bertz CT molecular complexity index is 272. The molecule has 0 bridgehead atoms. The van der Waals surface area contributed by atoms with E-state index in [0.717, 1.165) is 32.4 Å². The monoisotopic (exact) mass is 242 g/mol. The molecule has 2 N–H and O–H groups in total. The van der Waals surface area contributed by atoms with Crippen LogP contribution in [0.5, 0.6) is 0 Å². The molecule has 3 atom stereocenters. The number of amides is 1. The average Bonchev–Trinajstić information content (AvgIpc) is 2.53. The molecular weight excluding hydrogens is 220 g/mol. The van der Waals surface area contributed by atoms with Crippen LogP contribution in [0.2, 0.25) is 0 Å². The highest BCUT2D eigenvalue weighted by Crippen LogP contribution is 2.18. The average molecular weight is 242 g/mol. The van der Waals surface area contributed by atoms with E-state index in [-0.39, 0.29) is 30.8 Å². The molecule has 0 saturated carbocycles. The fourth-order valence-corrected chi connectivity index (χ4v) is 2.71. The molecule has 3 unspecified atom stereocenters. The largest absolute Gasteiger partial charge is 0.394 e. The molecular formula is C12H22N2O3. The van der Waals surface area contributed by atoms with Crippen LogP contribution in [0.4, 0.5) is 0 Å². The van der Waals surface area contributed by atoms with Gasteiger partial charge in [0, 0.05) is 19.6 Å². The summed E-state index contributed by atoms with van der Waals surface area (Å²) in [6.07, 6.45) is 2.98. The number of rotatable bonds is 2. The number of aliphatic hydroxyl groups excluding tert-OH is 1. The summed E-state index contributed by atoms with van der Waals surface area (Å²) < 4.78 is 5.60. The van der Waals surface area contributed by atoms with Crippen molar-refractivity contribution >= 4 is 5.91 Å². The summed E-state index contributed by atoms with van der Waals surface area (Å²) >= 11 is 0. The number of carbonyl (C=O) groups is 1. The van der Waals surface area contributed by atoms with E-state index < -0.39 is 0 Å². The third kappa shape index (κ3) is 3.18. The zero-order chi connectivity index (χ0) is 12.3. The molecule has 0 aromatic carbocycles. The van der Waals surface area contributed by atoms with E-state index in [4.69, 9.17) is 4.74 Å². The van der Waals surface area contributed by atoms with Gasteiger partial charge in [-0.1, -0.05) is 0 Å². The lowest BCUT2D eigenvalue weighted by Gasteiger charge is -2.39. The van der Waals surface area contributed by atoms with Crippen LogP contribution in [0.25, 0.3) is 0 Å². The second-order valence-corrected chi connectivity index (χ2v) is 5.01. The van der Waals surface area contributed by atoms with Gasteiger partial charge in [-0.15, -0.1) is 0 Å². The van der Waals surface area contributed by atoms with Gasteiger partial charge in [-0.25, -0.2) is 0 Å². The third-order valence-corrected chi connectivity index (χ3v) is 3.51. The van der Waals surface area contributed by atoms with Crippen LogP contribution in [-0.2, 0) is 9.53 Å². The van der Waals surface area contributed by atoms with E-state index in [1.807, 2.05) is 6.92 Å². The Morgan fingerprint density at radius 2 is 2.29 bits per heavy atom. The van der Waals surface area contributed by atoms with Crippen molar-refractivity contribution < 1.29 is 14.6 Å². The summed E-state index contributed by atoms with van der Waals surface area (Å²) in [5, 5.41) is 12.1. The van der Waals surface area contributed by atoms with Crippen LogP contribution in [0, 0.1) is 0 Å². The minimum Gasteiger partial charge on any atom is -0.394 e. The molecule has 0 aromatic rings. The summed E-state index contributed by atoms with van der Waals surface area (Å²) in [6.45, 7) is 4.23. The Hall–Kier alpha value is -0.650. The fourth-order valence-electron chi connectivity index (χ4n) is 2.71. The molecule has 1 amide bonds. The molecule has 2 aliphatic heterocycles. The Labute approximate surface area is 102 Å². The van der Waals surface area contributed by atoms with Crippen molar-refractivity contribution in [3.63, 3.8) is 0 Å². The van der Waals surface area contributed by atoms with Crippen LogP contribution >= 0.6 is 0 Å². The maximum Gasteiger partial charge on any atom is 0.237 e.